The van der Waals surface area contributed by atoms with Crippen LogP contribution in [0.2, 0.25) is 0 Å². The van der Waals surface area contributed by atoms with Crippen LogP contribution in [0.25, 0.3) is 12.2 Å². The van der Waals surface area contributed by atoms with Gasteiger partial charge in [-0.05, 0) is 18.2 Å². The van der Waals surface area contributed by atoms with Crippen LogP contribution in [0.5, 0.6) is 28.7 Å². The van der Waals surface area contributed by atoms with Crippen LogP contribution in [-0.2, 0) is 0 Å². The van der Waals surface area contributed by atoms with E-state index in [4.69, 9.17) is 10.2 Å². The molecule has 2 rings (SSSR count). The molecule has 0 fully saturated rings. The monoisotopic (exact) mass is 260 g/mol. The van der Waals surface area contributed by atoms with Gasteiger partial charge in [-0.15, -0.1) is 0 Å². The van der Waals surface area contributed by atoms with Crippen molar-refractivity contribution in [2.24, 2.45) is 0 Å². The molecule has 0 aliphatic heterocycles. The van der Waals surface area contributed by atoms with Crippen molar-refractivity contribution in [1.82, 2.24) is 0 Å². The lowest BCUT2D eigenvalue weighted by molar-refractivity contribution is 0.426. The Kier molecular flexibility index (Phi) is 3.20. The van der Waals surface area contributed by atoms with Crippen molar-refractivity contribution in [3.8, 4) is 28.7 Å². The fourth-order valence-electron chi connectivity index (χ4n) is 1.63. The maximum absolute atomic E-state index is 9.59. The highest BCUT2D eigenvalue weighted by molar-refractivity contribution is 5.78. The van der Waals surface area contributed by atoms with Crippen molar-refractivity contribution in [3.63, 3.8) is 0 Å². The van der Waals surface area contributed by atoms with E-state index in [-0.39, 0.29) is 34.3 Å². The van der Waals surface area contributed by atoms with E-state index in [1.165, 1.54) is 30.4 Å². The van der Waals surface area contributed by atoms with Gasteiger partial charge in [0.05, 0.1) is 5.56 Å². The molecule has 98 valence electrons. The second-order valence-electron chi connectivity index (χ2n) is 3.97. The Hall–Kier alpha value is -2.82. The first-order valence-electron chi connectivity index (χ1n) is 5.42. The third-order valence-corrected chi connectivity index (χ3v) is 2.56. The van der Waals surface area contributed by atoms with Crippen LogP contribution in [-0.4, -0.2) is 25.5 Å². The quantitative estimate of drug-likeness (QED) is 0.534. The Morgan fingerprint density at radius 3 is 1.79 bits per heavy atom. The van der Waals surface area contributed by atoms with Gasteiger partial charge in [0.2, 0.25) is 0 Å². The first-order chi connectivity index (χ1) is 8.97. The number of rotatable bonds is 2. The van der Waals surface area contributed by atoms with Crippen molar-refractivity contribution < 1.29 is 25.5 Å². The van der Waals surface area contributed by atoms with Gasteiger partial charge in [-0.2, -0.15) is 0 Å². The summed E-state index contributed by atoms with van der Waals surface area (Å²) in [5.74, 6) is -1.02. The minimum Gasteiger partial charge on any atom is -0.508 e. The Morgan fingerprint density at radius 2 is 1.21 bits per heavy atom. The summed E-state index contributed by atoms with van der Waals surface area (Å²) in [5, 5.41) is 47.1. The van der Waals surface area contributed by atoms with Gasteiger partial charge in [0, 0.05) is 23.8 Å². The number of benzene rings is 2. The first kappa shape index (κ1) is 12.6. The molecule has 5 heteroatoms. The summed E-state index contributed by atoms with van der Waals surface area (Å²) in [6.07, 6.45) is 2.84. The highest BCUT2D eigenvalue weighted by atomic mass is 16.3. The summed E-state index contributed by atoms with van der Waals surface area (Å²) in [6.45, 7) is 0. The van der Waals surface area contributed by atoms with Gasteiger partial charge in [-0.25, -0.2) is 0 Å². The van der Waals surface area contributed by atoms with Crippen molar-refractivity contribution in [2.75, 3.05) is 0 Å². The summed E-state index contributed by atoms with van der Waals surface area (Å²) in [6, 6.07) is 6.24. The van der Waals surface area contributed by atoms with E-state index in [9.17, 15) is 15.3 Å². The Balaban J connectivity index is 2.38. The summed E-state index contributed by atoms with van der Waals surface area (Å²) in [5.41, 5.74) is 0.523. The molecule has 0 saturated carbocycles. The molecule has 2 aromatic rings. The highest BCUT2D eigenvalue weighted by Crippen LogP contribution is 2.34. The molecule has 0 aliphatic rings. The summed E-state index contributed by atoms with van der Waals surface area (Å²) < 4.78 is 0. The maximum atomic E-state index is 9.59. The zero-order valence-corrected chi connectivity index (χ0v) is 9.78. The predicted molar refractivity (Wildman–Crippen MR) is 70.1 cm³/mol. The van der Waals surface area contributed by atoms with Gasteiger partial charge >= 0.3 is 0 Å². The highest BCUT2D eigenvalue weighted by Gasteiger charge is 2.07. The molecule has 0 bridgehead atoms. The molecule has 0 atom stereocenters. The average Bonchev–Trinajstić information content (AvgIpc) is 2.30. The van der Waals surface area contributed by atoms with Gasteiger partial charge in [-0.3, -0.25) is 0 Å². The largest absolute Gasteiger partial charge is 0.508 e. The molecule has 0 heterocycles. The summed E-state index contributed by atoms with van der Waals surface area (Å²) >= 11 is 0. The van der Waals surface area contributed by atoms with Crippen LogP contribution in [0.4, 0.5) is 0 Å². The Bertz CT molecular complexity index is 623. The Morgan fingerprint density at radius 1 is 0.632 bits per heavy atom. The molecule has 5 N–H and O–H groups in total. The predicted octanol–water partition coefficient (Wildman–Crippen LogP) is 2.39. The third-order valence-electron chi connectivity index (χ3n) is 2.56. The topological polar surface area (TPSA) is 101 Å². The van der Waals surface area contributed by atoms with Crippen LogP contribution in [0.15, 0.2) is 30.3 Å². The van der Waals surface area contributed by atoms with Crippen LogP contribution in [0, 0.1) is 0 Å². The number of phenolic OH excluding ortho intramolecular Hbond substituents is 5. The van der Waals surface area contributed by atoms with Crippen molar-refractivity contribution in [3.05, 3.63) is 41.5 Å². The lowest BCUT2D eigenvalue weighted by Gasteiger charge is -2.04. The van der Waals surface area contributed by atoms with E-state index in [1.54, 1.807) is 0 Å². The van der Waals surface area contributed by atoms with Gasteiger partial charge in [0.1, 0.15) is 28.7 Å². The van der Waals surface area contributed by atoms with Crippen LogP contribution < -0.4 is 0 Å². The minimum atomic E-state index is -0.285. The van der Waals surface area contributed by atoms with E-state index in [0.29, 0.717) is 5.56 Å². The van der Waals surface area contributed by atoms with Gasteiger partial charge < -0.3 is 25.5 Å². The second-order valence-corrected chi connectivity index (χ2v) is 3.97. The third kappa shape index (κ3) is 2.71. The molecule has 5 nitrogen and oxygen atoms in total. The molecule has 0 aliphatic carbocycles. The zero-order valence-electron chi connectivity index (χ0n) is 9.78. The molecule has 0 unspecified atom stereocenters. The molecule has 0 amide bonds. The molecule has 0 radical (unpaired) electrons. The molecule has 2 aromatic carbocycles. The minimum absolute atomic E-state index is 0.0648. The number of phenols is 5. The fraction of sp³-hybridized carbons (Fsp3) is 0. The number of aromatic hydroxyl groups is 5. The maximum Gasteiger partial charge on any atom is 0.130 e. The van der Waals surface area contributed by atoms with Crippen LogP contribution >= 0.6 is 0 Å². The van der Waals surface area contributed by atoms with E-state index < -0.39 is 0 Å². The smallest absolute Gasteiger partial charge is 0.130 e. The van der Waals surface area contributed by atoms with Gasteiger partial charge in [0.15, 0.2) is 0 Å². The standard InChI is InChI=1S/C14H12O5/c15-9-3-1-8(12(17)5-9)2-4-11-13(18)6-10(16)7-14(11)19/h1-7,15-19H/b4-2+. The van der Waals surface area contributed by atoms with E-state index in [0.717, 1.165) is 12.1 Å². The normalized spacial score (nSPS) is 10.9. The molecular weight excluding hydrogens is 248 g/mol. The second kappa shape index (κ2) is 4.81. The van der Waals surface area contributed by atoms with Crippen molar-refractivity contribution in [2.45, 2.75) is 0 Å². The average molecular weight is 260 g/mol. The number of hydrogen-bond acceptors (Lipinski definition) is 5. The molecule has 0 spiro atoms. The lowest BCUT2D eigenvalue weighted by Crippen LogP contribution is -1.79. The van der Waals surface area contributed by atoms with E-state index >= 15 is 0 Å². The van der Waals surface area contributed by atoms with E-state index in [1.807, 2.05) is 0 Å². The SMILES string of the molecule is Oc1ccc(/C=C/c2c(O)cc(O)cc2O)c(O)c1. The molecule has 0 saturated heterocycles. The Labute approximate surface area is 108 Å². The lowest BCUT2D eigenvalue weighted by atomic mass is 10.1. The van der Waals surface area contributed by atoms with Crippen LogP contribution in [0.3, 0.4) is 0 Å². The molecule has 0 aromatic heterocycles. The fourth-order valence-corrected chi connectivity index (χ4v) is 1.63. The summed E-state index contributed by atoms with van der Waals surface area (Å²) in [7, 11) is 0. The molecular formula is C14H12O5. The summed E-state index contributed by atoms with van der Waals surface area (Å²) in [4.78, 5) is 0. The zero-order chi connectivity index (χ0) is 14.0. The number of hydrogen-bond donors (Lipinski definition) is 5. The van der Waals surface area contributed by atoms with Crippen LogP contribution in [0.1, 0.15) is 11.1 Å². The van der Waals surface area contributed by atoms with Crippen molar-refractivity contribution >= 4 is 12.2 Å². The molecule has 19 heavy (non-hydrogen) atoms. The van der Waals surface area contributed by atoms with E-state index in [2.05, 4.69) is 0 Å². The van der Waals surface area contributed by atoms with Gasteiger partial charge in [0.25, 0.3) is 0 Å². The van der Waals surface area contributed by atoms with Gasteiger partial charge in [-0.1, -0.05) is 6.08 Å². The van der Waals surface area contributed by atoms with Crippen molar-refractivity contribution in [1.29, 1.82) is 0 Å². The first-order valence-corrected chi connectivity index (χ1v) is 5.42.